The van der Waals surface area contributed by atoms with Crippen LogP contribution in [0.15, 0.2) is 64.8 Å². The molecule has 2 aromatic carbocycles. The maximum Gasteiger partial charge on any atom is 0.336 e. The molecule has 2 N–H and O–H groups in total. The molecule has 0 unspecified atom stereocenters. The summed E-state index contributed by atoms with van der Waals surface area (Å²) in [5.41, 5.74) is 1.65. The van der Waals surface area contributed by atoms with Gasteiger partial charge >= 0.3 is 11.3 Å². The van der Waals surface area contributed by atoms with Crippen molar-refractivity contribution in [3.63, 3.8) is 0 Å². The second-order valence-corrected chi connectivity index (χ2v) is 7.32. The van der Waals surface area contributed by atoms with Gasteiger partial charge in [0, 0.05) is 35.3 Å². The zero-order valence-electron chi connectivity index (χ0n) is 17.5. The molecule has 2 aromatic heterocycles. The van der Waals surface area contributed by atoms with Crippen LogP contribution in [0.25, 0.3) is 21.9 Å². The molecule has 8 heteroatoms. The first-order valence-electron chi connectivity index (χ1n) is 9.87. The summed E-state index contributed by atoms with van der Waals surface area (Å²) in [4.78, 5) is 32.0. The van der Waals surface area contributed by atoms with E-state index in [-0.39, 0.29) is 35.8 Å². The molecule has 0 aliphatic rings. The third kappa shape index (κ3) is 4.02. The summed E-state index contributed by atoms with van der Waals surface area (Å²) < 4.78 is 10.5. The number of hydrogen-bond acceptors (Lipinski definition) is 8. The van der Waals surface area contributed by atoms with Crippen LogP contribution < -0.4 is 11.3 Å². The van der Waals surface area contributed by atoms with Crippen LogP contribution in [0.1, 0.15) is 22.3 Å². The van der Waals surface area contributed by atoms with E-state index in [2.05, 4.69) is 9.98 Å². The molecule has 0 bridgehead atoms. The fourth-order valence-corrected chi connectivity index (χ4v) is 3.47. The minimum atomic E-state index is -0.503. The van der Waals surface area contributed by atoms with Gasteiger partial charge < -0.3 is 19.0 Å². The molecular formula is C24H20N2O6. The highest BCUT2D eigenvalue weighted by Crippen LogP contribution is 2.27. The number of aliphatic imine (C=N–C) groups is 2. The van der Waals surface area contributed by atoms with Gasteiger partial charge in [0.2, 0.25) is 0 Å². The van der Waals surface area contributed by atoms with Crippen molar-refractivity contribution in [2.45, 2.75) is 13.8 Å². The molecule has 4 rings (SSSR count). The van der Waals surface area contributed by atoms with Crippen LogP contribution in [0.3, 0.4) is 0 Å². The largest absolute Gasteiger partial charge is 0.507 e. The molecule has 0 spiro atoms. The molecule has 0 aliphatic carbocycles. The Morgan fingerprint density at radius 1 is 0.750 bits per heavy atom. The van der Waals surface area contributed by atoms with Crippen molar-refractivity contribution < 1.29 is 19.0 Å². The van der Waals surface area contributed by atoms with Crippen molar-refractivity contribution in [3.05, 3.63) is 79.5 Å². The van der Waals surface area contributed by atoms with E-state index in [1.807, 2.05) is 0 Å². The van der Waals surface area contributed by atoms with Crippen LogP contribution in [-0.4, -0.2) is 35.7 Å². The third-order valence-corrected chi connectivity index (χ3v) is 5.07. The normalized spacial score (nSPS) is 11.9. The summed E-state index contributed by atoms with van der Waals surface area (Å²) in [7, 11) is 0. The fourth-order valence-electron chi connectivity index (χ4n) is 3.47. The number of hydrogen-bond donors (Lipinski definition) is 2. The van der Waals surface area contributed by atoms with E-state index in [1.165, 1.54) is 36.7 Å². The van der Waals surface area contributed by atoms with Gasteiger partial charge in [0.15, 0.2) is 11.2 Å². The Kier molecular flexibility index (Phi) is 5.59. The minimum absolute atomic E-state index is 0.0513. The number of rotatable bonds is 5. The molecule has 0 fully saturated rings. The zero-order chi connectivity index (χ0) is 22.8. The maximum atomic E-state index is 11.7. The lowest BCUT2D eigenvalue weighted by Crippen LogP contribution is -2.01. The van der Waals surface area contributed by atoms with E-state index >= 15 is 0 Å². The summed E-state index contributed by atoms with van der Waals surface area (Å²) >= 11 is 0. The molecule has 0 saturated carbocycles. The summed E-state index contributed by atoms with van der Waals surface area (Å²) in [6, 6.07) is 9.19. The number of fused-ring (bicyclic) bond motifs is 2. The predicted octanol–water partition coefficient (Wildman–Crippen LogP) is 3.47. The molecule has 2 heterocycles. The van der Waals surface area contributed by atoms with Crippen molar-refractivity contribution in [1.29, 1.82) is 0 Å². The predicted molar refractivity (Wildman–Crippen MR) is 123 cm³/mol. The quantitative estimate of drug-likeness (QED) is 0.283. The van der Waals surface area contributed by atoms with Gasteiger partial charge in [-0.2, -0.15) is 0 Å². The van der Waals surface area contributed by atoms with Crippen molar-refractivity contribution >= 4 is 34.4 Å². The lowest BCUT2D eigenvalue weighted by atomic mass is 10.1. The monoisotopic (exact) mass is 432 g/mol. The average molecular weight is 432 g/mol. The van der Waals surface area contributed by atoms with Crippen LogP contribution >= 0.6 is 0 Å². The first-order chi connectivity index (χ1) is 15.3. The first kappa shape index (κ1) is 21.0. The van der Waals surface area contributed by atoms with E-state index < -0.39 is 11.3 Å². The van der Waals surface area contributed by atoms with Crippen LogP contribution in [0.5, 0.6) is 11.5 Å². The molecule has 0 aliphatic heterocycles. The van der Waals surface area contributed by atoms with Gasteiger partial charge in [-0.3, -0.25) is 9.98 Å². The van der Waals surface area contributed by atoms with Gasteiger partial charge in [-0.1, -0.05) is 0 Å². The zero-order valence-corrected chi connectivity index (χ0v) is 17.5. The van der Waals surface area contributed by atoms with Crippen molar-refractivity contribution in [3.8, 4) is 11.5 Å². The third-order valence-electron chi connectivity index (χ3n) is 5.07. The number of phenolic OH excluding ortho intramolecular Hbond substituents is 2. The van der Waals surface area contributed by atoms with Gasteiger partial charge in [0.05, 0.1) is 24.2 Å². The average Bonchev–Trinajstić information content (AvgIpc) is 2.72. The first-order valence-corrected chi connectivity index (χ1v) is 9.87. The van der Waals surface area contributed by atoms with Crippen LogP contribution in [-0.2, 0) is 0 Å². The Morgan fingerprint density at radius 3 is 1.56 bits per heavy atom. The Morgan fingerprint density at radius 2 is 1.16 bits per heavy atom. The molecule has 8 nitrogen and oxygen atoms in total. The lowest BCUT2D eigenvalue weighted by Gasteiger charge is -2.05. The summed E-state index contributed by atoms with van der Waals surface area (Å²) in [5, 5.41) is 21.8. The molecule has 0 amide bonds. The van der Waals surface area contributed by atoms with Gasteiger partial charge in [0.25, 0.3) is 0 Å². The SMILES string of the molecule is Cc1cc(=O)oc2c(C=NCCN=Cc3c(O)ccc4c(C)cc(=O)oc34)c(O)ccc12. The Balaban J connectivity index is 1.55. The molecule has 0 radical (unpaired) electrons. The molecular weight excluding hydrogens is 412 g/mol. The number of aryl methyl sites for hydroxylation is 2. The second-order valence-electron chi connectivity index (χ2n) is 7.32. The second kappa shape index (κ2) is 8.50. The molecule has 32 heavy (non-hydrogen) atoms. The highest BCUT2D eigenvalue weighted by Gasteiger charge is 2.11. The highest BCUT2D eigenvalue weighted by atomic mass is 16.4. The van der Waals surface area contributed by atoms with Crippen molar-refractivity contribution in [2.24, 2.45) is 9.98 Å². The van der Waals surface area contributed by atoms with Crippen LogP contribution in [0, 0.1) is 13.8 Å². The standard InChI is InChI=1S/C24H20N2O6/c1-13-9-21(29)31-23-15(13)3-5-19(27)17(23)11-25-7-8-26-12-18-20(28)6-4-16-14(2)10-22(30)32-24(16)18/h3-6,9-12,27-28H,7-8H2,1-2H3. The molecule has 0 saturated heterocycles. The summed E-state index contributed by atoms with van der Waals surface area (Å²) in [6.45, 7) is 4.13. The van der Waals surface area contributed by atoms with Gasteiger partial charge in [-0.25, -0.2) is 9.59 Å². The highest BCUT2D eigenvalue weighted by molar-refractivity contribution is 6.01. The van der Waals surface area contributed by atoms with E-state index in [0.717, 1.165) is 11.1 Å². The smallest absolute Gasteiger partial charge is 0.336 e. The Hall–Kier alpha value is -4.20. The van der Waals surface area contributed by atoms with Crippen LogP contribution in [0.4, 0.5) is 0 Å². The van der Waals surface area contributed by atoms with E-state index in [0.29, 0.717) is 21.9 Å². The summed E-state index contributed by atoms with van der Waals surface area (Å²) in [6.07, 6.45) is 2.88. The van der Waals surface area contributed by atoms with E-state index in [1.54, 1.807) is 26.0 Å². The van der Waals surface area contributed by atoms with Gasteiger partial charge in [0.1, 0.15) is 11.5 Å². The van der Waals surface area contributed by atoms with Crippen molar-refractivity contribution in [2.75, 3.05) is 13.1 Å². The van der Waals surface area contributed by atoms with Crippen LogP contribution in [0.2, 0.25) is 0 Å². The number of aromatic hydroxyl groups is 2. The Labute approximate surface area is 181 Å². The number of nitrogens with zero attached hydrogens (tertiary/aromatic N) is 2. The Bertz CT molecular complexity index is 1400. The fraction of sp³-hybridized carbons (Fsp3) is 0.167. The van der Waals surface area contributed by atoms with Gasteiger partial charge in [-0.05, 0) is 49.2 Å². The minimum Gasteiger partial charge on any atom is -0.507 e. The van der Waals surface area contributed by atoms with E-state index in [4.69, 9.17) is 8.83 Å². The topological polar surface area (TPSA) is 126 Å². The molecule has 4 aromatic rings. The summed E-state index contributed by atoms with van der Waals surface area (Å²) in [5.74, 6) is -0.103. The number of benzene rings is 2. The molecule has 0 atom stereocenters. The van der Waals surface area contributed by atoms with Crippen molar-refractivity contribution in [1.82, 2.24) is 0 Å². The molecule has 162 valence electrons. The van der Waals surface area contributed by atoms with Gasteiger partial charge in [-0.15, -0.1) is 0 Å². The number of phenols is 2. The van der Waals surface area contributed by atoms with E-state index in [9.17, 15) is 19.8 Å². The maximum absolute atomic E-state index is 11.7. The lowest BCUT2D eigenvalue weighted by molar-refractivity contribution is 0.471.